The van der Waals surface area contributed by atoms with Crippen molar-refractivity contribution in [2.24, 2.45) is 0 Å². The third-order valence-electron chi connectivity index (χ3n) is 5.29. The van der Waals surface area contributed by atoms with Crippen molar-refractivity contribution in [2.45, 2.75) is 36.6 Å². The van der Waals surface area contributed by atoms with Crippen LogP contribution in [0.3, 0.4) is 0 Å². The van der Waals surface area contributed by atoms with Gasteiger partial charge in [0.25, 0.3) is 5.91 Å². The summed E-state index contributed by atoms with van der Waals surface area (Å²) in [5.74, 6) is -1.36. The molecule has 10 heteroatoms. The summed E-state index contributed by atoms with van der Waals surface area (Å²) in [6, 6.07) is 14.2. The summed E-state index contributed by atoms with van der Waals surface area (Å²) >= 11 is 0. The van der Waals surface area contributed by atoms with Gasteiger partial charge in [-0.25, -0.2) is 17.9 Å². The molecule has 174 valence electrons. The second-order valence-corrected chi connectivity index (χ2v) is 9.20. The van der Waals surface area contributed by atoms with E-state index in [1.807, 2.05) is 6.07 Å². The Labute approximate surface area is 193 Å². The highest BCUT2D eigenvalue weighted by atomic mass is 32.2. The fraction of sp³-hybridized carbons (Fsp3) is 0.348. The van der Waals surface area contributed by atoms with E-state index >= 15 is 0 Å². The number of carbonyl (C=O) groups excluding carboxylic acids is 2. The molecule has 0 spiro atoms. The summed E-state index contributed by atoms with van der Waals surface area (Å²) < 4.78 is 38.7. The van der Waals surface area contributed by atoms with E-state index in [1.165, 1.54) is 30.2 Å². The Morgan fingerprint density at radius 1 is 1.15 bits per heavy atom. The van der Waals surface area contributed by atoms with E-state index in [1.54, 1.807) is 30.3 Å². The average molecular weight is 472 g/mol. The van der Waals surface area contributed by atoms with Gasteiger partial charge < -0.3 is 9.47 Å². The molecule has 0 unspecified atom stereocenters. The normalized spacial score (nSPS) is 13.8. The van der Waals surface area contributed by atoms with Gasteiger partial charge in [0.05, 0.1) is 18.7 Å². The lowest BCUT2D eigenvalue weighted by Crippen LogP contribution is -2.35. The van der Waals surface area contributed by atoms with Gasteiger partial charge in [0.2, 0.25) is 10.0 Å². The number of nitrogens with one attached hydrogen (secondary N) is 1. The molecule has 1 aliphatic rings. The molecule has 0 radical (unpaired) electrons. The molecule has 0 atom stereocenters. The van der Waals surface area contributed by atoms with Crippen LogP contribution in [0.2, 0.25) is 0 Å². The van der Waals surface area contributed by atoms with Crippen LogP contribution in [0, 0.1) is 11.3 Å². The van der Waals surface area contributed by atoms with Crippen LogP contribution in [0.1, 0.15) is 36.0 Å². The van der Waals surface area contributed by atoms with Gasteiger partial charge in [0.1, 0.15) is 17.2 Å². The topological polar surface area (TPSA) is 126 Å². The van der Waals surface area contributed by atoms with Crippen molar-refractivity contribution in [3.8, 4) is 11.8 Å². The van der Waals surface area contributed by atoms with Gasteiger partial charge in [0.15, 0.2) is 6.61 Å². The number of nitriles is 1. The van der Waals surface area contributed by atoms with E-state index < -0.39 is 28.5 Å². The number of benzene rings is 2. The van der Waals surface area contributed by atoms with Crippen LogP contribution < -0.4 is 14.4 Å². The number of esters is 1. The quantitative estimate of drug-likeness (QED) is 0.440. The SMILES string of the molecule is COc1ccc(C(=O)OCC(=O)N(CC#N)c2ccccc2)cc1S(=O)(=O)NC1CCCC1. The number of carbonyl (C=O) groups is 2. The van der Waals surface area contributed by atoms with E-state index in [0.29, 0.717) is 5.69 Å². The molecule has 1 aliphatic carbocycles. The zero-order chi connectivity index (χ0) is 23.8. The molecule has 0 aromatic heterocycles. The zero-order valence-corrected chi connectivity index (χ0v) is 19.0. The Hall–Kier alpha value is -3.42. The minimum atomic E-state index is -3.92. The molecule has 0 heterocycles. The number of hydrogen-bond acceptors (Lipinski definition) is 7. The van der Waals surface area contributed by atoms with Crippen molar-refractivity contribution < 1.29 is 27.5 Å². The molecule has 33 heavy (non-hydrogen) atoms. The van der Waals surface area contributed by atoms with Crippen LogP contribution in [0.25, 0.3) is 0 Å². The molecule has 3 rings (SSSR count). The number of ether oxygens (including phenoxy) is 2. The molecule has 0 bridgehead atoms. The molecular weight excluding hydrogens is 446 g/mol. The van der Waals surface area contributed by atoms with E-state index in [2.05, 4.69) is 4.72 Å². The summed E-state index contributed by atoms with van der Waals surface area (Å²) in [6.45, 7) is -0.817. The number of sulfonamides is 1. The predicted octanol–water partition coefficient (Wildman–Crippen LogP) is 2.63. The van der Waals surface area contributed by atoms with Crippen molar-refractivity contribution >= 4 is 27.6 Å². The number of nitrogens with zero attached hydrogens (tertiary/aromatic N) is 2. The highest BCUT2D eigenvalue weighted by Crippen LogP contribution is 2.27. The van der Waals surface area contributed by atoms with E-state index in [0.717, 1.165) is 25.7 Å². The summed E-state index contributed by atoms with van der Waals surface area (Å²) in [5, 5.41) is 9.03. The Balaban J connectivity index is 1.74. The minimum absolute atomic E-state index is 0.0399. The van der Waals surface area contributed by atoms with Gasteiger partial charge in [-0.3, -0.25) is 9.69 Å². The number of anilines is 1. The van der Waals surface area contributed by atoms with Gasteiger partial charge in [0, 0.05) is 11.7 Å². The summed E-state index contributed by atoms with van der Waals surface area (Å²) in [5.41, 5.74) is 0.456. The third-order valence-corrected chi connectivity index (χ3v) is 6.83. The smallest absolute Gasteiger partial charge is 0.338 e. The van der Waals surface area contributed by atoms with Gasteiger partial charge in [-0.2, -0.15) is 5.26 Å². The minimum Gasteiger partial charge on any atom is -0.495 e. The van der Waals surface area contributed by atoms with Crippen molar-refractivity contribution in [1.82, 2.24) is 4.72 Å². The molecule has 1 saturated carbocycles. The average Bonchev–Trinajstić information content (AvgIpc) is 3.33. The van der Waals surface area contributed by atoms with Crippen LogP contribution in [0.15, 0.2) is 53.4 Å². The van der Waals surface area contributed by atoms with E-state index in [4.69, 9.17) is 14.7 Å². The first-order chi connectivity index (χ1) is 15.9. The predicted molar refractivity (Wildman–Crippen MR) is 120 cm³/mol. The first-order valence-corrected chi connectivity index (χ1v) is 11.9. The molecule has 9 nitrogen and oxygen atoms in total. The maximum Gasteiger partial charge on any atom is 0.338 e. The first-order valence-electron chi connectivity index (χ1n) is 10.5. The zero-order valence-electron chi connectivity index (χ0n) is 18.2. The van der Waals surface area contributed by atoms with Gasteiger partial charge >= 0.3 is 5.97 Å². The van der Waals surface area contributed by atoms with Crippen LogP contribution in [0.4, 0.5) is 5.69 Å². The molecule has 0 aliphatic heterocycles. The number of rotatable bonds is 9. The van der Waals surface area contributed by atoms with Gasteiger partial charge in [-0.05, 0) is 43.2 Å². The maximum atomic E-state index is 12.9. The second kappa shape index (κ2) is 10.9. The Morgan fingerprint density at radius 2 is 1.85 bits per heavy atom. The molecule has 1 amide bonds. The lowest BCUT2D eigenvalue weighted by molar-refractivity contribution is -0.121. The number of amides is 1. The number of para-hydroxylation sites is 1. The Kier molecular flexibility index (Phi) is 8.03. The van der Waals surface area contributed by atoms with Crippen molar-refractivity contribution in [3.05, 3.63) is 54.1 Å². The second-order valence-electron chi connectivity index (χ2n) is 7.52. The first kappa shape index (κ1) is 24.2. The Morgan fingerprint density at radius 3 is 2.48 bits per heavy atom. The van der Waals surface area contributed by atoms with Crippen molar-refractivity contribution in [2.75, 3.05) is 25.2 Å². The fourth-order valence-corrected chi connectivity index (χ4v) is 5.13. The van der Waals surface area contributed by atoms with Crippen molar-refractivity contribution in [1.29, 1.82) is 5.26 Å². The van der Waals surface area contributed by atoms with Gasteiger partial charge in [-0.1, -0.05) is 31.0 Å². The van der Waals surface area contributed by atoms with Crippen LogP contribution >= 0.6 is 0 Å². The highest BCUT2D eigenvalue weighted by molar-refractivity contribution is 7.89. The summed E-state index contributed by atoms with van der Waals surface area (Å²) in [7, 11) is -2.58. The lowest BCUT2D eigenvalue weighted by Gasteiger charge is -2.19. The van der Waals surface area contributed by atoms with Crippen LogP contribution in [0.5, 0.6) is 5.75 Å². The molecule has 2 aromatic carbocycles. The molecule has 1 fully saturated rings. The molecule has 1 N–H and O–H groups in total. The number of methoxy groups -OCH3 is 1. The maximum absolute atomic E-state index is 12.9. The Bertz CT molecular complexity index is 1140. The van der Waals surface area contributed by atoms with Crippen molar-refractivity contribution in [3.63, 3.8) is 0 Å². The standard InChI is InChI=1S/C23H25N3O6S/c1-31-20-12-11-17(15-21(20)33(29,30)25-18-7-5-6-8-18)23(28)32-16-22(27)26(14-13-24)19-9-3-2-4-10-19/h2-4,9-12,15,18,25H,5-8,14,16H2,1H3. The molecular formula is C23H25N3O6S. The highest BCUT2D eigenvalue weighted by Gasteiger charge is 2.27. The molecule has 0 saturated heterocycles. The van der Waals surface area contributed by atoms with Crippen LogP contribution in [-0.4, -0.2) is 46.6 Å². The monoisotopic (exact) mass is 471 g/mol. The third kappa shape index (κ3) is 6.09. The number of hydrogen-bond donors (Lipinski definition) is 1. The fourth-order valence-electron chi connectivity index (χ4n) is 3.63. The molecule has 2 aromatic rings. The van der Waals surface area contributed by atoms with E-state index in [9.17, 15) is 18.0 Å². The summed E-state index contributed by atoms with van der Waals surface area (Å²) in [4.78, 5) is 26.2. The van der Waals surface area contributed by atoms with E-state index in [-0.39, 0.29) is 28.8 Å². The largest absolute Gasteiger partial charge is 0.495 e. The summed E-state index contributed by atoms with van der Waals surface area (Å²) in [6.07, 6.45) is 3.42. The van der Waals surface area contributed by atoms with Gasteiger partial charge in [-0.15, -0.1) is 0 Å². The lowest BCUT2D eigenvalue weighted by atomic mass is 10.2. The van der Waals surface area contributed by atoms with Crippen LogP contribution in [-0.2, 0) is 19.6 Å².